The molecule has 0 radical (unpaired) electrons. The maximum atomic E-state index is 12.5. The van der Waals surface area contributed by atoms with Gasteiger partial charge in [0.1, 0.15) is 5.65 Å². The number of amides is 1. The molecule has 0 saturated carbocycles. The van der Waals surface area contributed by atoms with E-state index in [2.05, 4.69) is 10.3 Å². The molecule has 3 aromatic rings. The first kappa shape index (κ1) is 18.9. The second-order valence-corrected chi connectivity index (χ2v) is 7.39. The third kappa shape index (κ3) is 3.66. The summed E-state index contributed by atoms with van der Waals surface area (Å²) in [5.74, 6) is -0.0307. The van der Waals surface area contributed by atoms with Gasteiger partial charge >= 0.3 is 5.69 Å². The van der Waals surface area contributed by atoms with E-state index in [1.807, 2.05) is 32.0 Å². The summed E-state index contributed by atoms with van der Waals surface area (Å²) >= 11 is 1.24. The maximum Gasteiger partial charge on any atom is 0.332 e. The molecule has 1 aromatic carbocycles. The van der Waals surface area contributed by atoms with Crippen molar-refractivity contribution in [3.8, 4) is 0 Å². The highest BCUT2D eigenvalue weighted by Crippen LogP contribution is 2.24. The first-order valence-electron chi connectivity index (χ1n) is 8.34. The summed E-state index contributed by atoms with van der Waals surface area (Å²) in [6.45, 7) is 3.94. The van der Waals surface area contributed by atoms with Crippen molar-refractivity contribution in [1.82, 2.24) is 14.1 Å². The number of aromatic nitrogens is 3. The molecule has 0 unspecified atom stereocenters. The maximum absolute atomic E-state index is 12.5. The molecular formula is C19H20N4O3S. The molecule has 2 heterocycles. The number of carbonyl (C=O) groups excluding carboxylic acids is 1. The van der Waals surface area contributed by atoms with E-state index in [9.17, 15) is 14.4 Å². The normalized spacial score (nSPS) is 11.0. The fraction of sp³-hybridized carbons (Fsp3) is 0.263. The van der Waals surface area contributed by atoms with Gasteiger partial charge in [0, 0.05) is 30.9 Å². The number of hydrogen-bond donors (Lipinski definition) is 1. The summed E-state index contributed by atoms with van der Waals surface area (Å²) in [7, 11) is 3.00. The minimum Gasteiger partial charge on any atom is -0.325 e. The Bertz CT molecular complexity index is 1160. The van der Waals surface area contributed by atoms with Crippen LogP contribution in [0.1, 0.15) is 11.1 Å². The molecule has 27 heavy (non-hydrogen) atoms. The second-order valence-electron chi connectivity index (χ2n) is 6.37. The third-order valence-electron chi connectivity index (χ3n) is 4.32. The van der Waals surface area contributed by atoms with Gasteiger partial charge in [-0.25, -0.2) is 9.78 Å². The molecule has 0 saturated heterocycles. The number of hydrogen-bond acceptors (Lipinski definition) is 5. The molecule has 8 heteroatoms. The van der Waals surface area contributed by atoms with Crippen molar-refractivity contribution in [3.63, 3.8) is 0 Å². The Balaban J connectivity index is 1.86. The molecule has 3 rings (SSSR count). The molecule has 0 atom stereocenters. The average Bonchev–Trinajstić information content (AvgIpc) is 2.65. The van der Waals surface area contributed by atoms with E-state index in [0.717, 1.165) is 21.4 Å². The number of nitrogens with zero attached hydrogens (tertiary/aromatic N) is 3. The van der Waals surface area contributed by atoms with Gasteiger partial charge in [0.15, 0.2) is 0 Å². The zero-order valence-electron chi connectivity index (χ0n) is 15.6. The monoisotopic (exact) mass is 384 g/mol. The molecule has 0 aliphatic heterocycles. The van der Waals surface area contributed by atoms with Gasteiger partial charge in [-0.05, 0) is 31.5 Å². The van der Waals surface area contributed by atoms with Gasteiger partial charge in [0.05, 0.1) is 11.1 Å². The molecule has 1 N–H and O–H groups in total. The van der Waals surface area contributed by atoms with Crippen LogP contribution >= 0.6 is 11.8 Å². The first-order valence-corrected chi connectivity index (χ1v) is 9.33. The van der Waals surface area contributed by atoms with Crippen molar-refractivity contribution in [2.24, 2.45) is 14.1 Å². The second kappa shape index (κ2) is 7.40. The largest absolute Gasteiger partial charge is 0.332 e. The van der Waals surface area contributed by atoms with E-state index in [1.54, 1.807) is 13.1 Å². The number of aryl methyl sites for hydroxylation is 3. The van der Waals surface area contributed by atoms with Crippen LogP contribution in [0.3, 0.4) is 0 Å². The summed E-state index contributed by atoms with van der Waals surface area (Å²) in [5, 5.41) is 3.23. The molecule has 0 aliphatic carbocycles. The van der Waals surface area contributed by atoms with Crippen molar-refractivity contribution < 1.29 is 4.79 Å². The van der Waals surface area contributed by atoms with E-state index in [1.165, 1.54) is 29.6 Å². The Kier molecular flexibility index (Phi) is 5.18. The van der Waals surface area contributed by atoms with Crippen molar-refractivity contribution >= 4 is 34.4 Å². The Labute approximate surface area is 160 Å². The minimum absolute atomic E-state index is 0.137. The molecule has 0 bridgehead atoms. The Morgan fingerprint density at radius 3 is 2.59 bits per heavy atom. The molecule has 7 nitrogen and oxygen atoms in total. The van der Waals surface area contributed by atoms with Gasteiger partial charge in [0.2, 0.25) is 5.91 Å². The van der Waals surface area contributed by atoms with Gasteiger partial charge in [-0.2, -0.15) is 0 Å². The lowest BCUT2D eigenvalue weighted by Crippen LogP contribution is -2.37. The molecule has 0 spiro atoms. The summed E-state index contributed by atoms with van der Waals surface area (Å²) in [5.41, 5.74) is 2.34. The van der Waals surface area contributed by atoms with Crippen LogP contribution < -0.4 is 16.6 Å². The van der Waals surface area contributed by atoms with Crippen LogP contribution in [0.25, 0.3) is 11.0 Å². The fourth-order valence-electron chi connectivity index (χ4n) is 2.86. The lowest BCUT2D eigenvalue weighted by atomic mass is 10.1. The van der Waals surface area contributed by atoms with Crippen LogP contribution in [-0.2, 0) is 18.9 Å². The molecule has 0 aliphatic rings. The predicted octanol–water partition coefficient (Wildman–Crippen LogP) is 1.98. The SMILES string of the molecule is Cc1ccc(NC(=O)CSc2ccnc3c2c(=O)n(C)c(=O)n3C)c(C)c1. The summed E-state index contributed by atoms with van der Waals surface area (Å²) in [4.78, 5) is 41.7. The Morgan fingerprint density at radius 2 is 1.89 bits per heavy atom. The number of nitrogens with one attached hydrogen (secondary N) is 1. The average molecular weight is 384 g/mol. The van der Waals surface area contributed by atoms with E-state index in [4.69, 9.17) is 0 Å². The molecule has 2 aromatic heterocycles. The minimum atomic E-state index is -0.435. The topological polar surface area (TPSA) is 86.0 Å². The molecular weight excluding hydrogens is 364 g/mol. The lowest BCUT2D eigenvalue weighted by molar-refractivity contribution is -0.113. The zero-order valence-corrected chi connectivity index (χ0v) is 16.4. The summed E-state index contributed by atoms with van der Waals surface area (Å²) in [6, 6.07) is 7.50. The fourth-order valence-corrected chi connectivity index (χ4v) is 3.70. The zero-order chi connectivity index (χ0) is 19.7. The quantitative estimate of drug-likeness (QED) is 0.695. The van der Waals surface area contributed by atoms with Crippen molar-refractivity contribution in [1.29, 1.82) is 0 Å². The highest BCUT2D eigenvalue weighted by Gasteiger charge is 2.15. The van der Waals surface area contributed by atoms with Gasteiger partial charge in [-0.3, -0.25) is 18.7 Å². The van der Waals surface area contributed by atoms with Gasteiger partial charge < -0.3 is 5.32 Å². The molecule has 1 amide bonds. The number of benzene rings is 1. The number of fused-ring (bicyclic) bond motifs is 1. The highest BCUT2D eigenvalue weighted by atomic mass is 32.2. The predicted molar refractivity (Wildman–Crippen MR) is 107 cm³/mol. The summed E-state index contributed by atoms with van der Waals surface area (Å²) < 4.78 is 2.38. The van der Waals surface area contributed by atoms with Crippen molar-refractivity contribution in [2.45, 2.75) is 18.7 Å². The number of rotatable bonds is 4. The number of carbonyl (C=O) groups is 1. The van der Waals surface area contributed by atoms with Crippen molar-refractivity contribution in [2.75, 3.05) is 11.1 Å². The van der Waals surface area contributed by atoms with Crippen LogP contribution in [0.4, 0.5) is 5.69 Å². The first-order chi connectivity index (χ1) is 12.8. The van der Waals surface area contributed by atoms with Gasteiger partial charge in [-0.15, -0.1) is 11.8 Å². The van der Waals surface area contributed by atoms with Crippen LogP contribution in [0.15, 0.2) is 44.9 Å². The van der Waals surface area contributed by atoms with E-state index in [-0.39, 0.29) is 11.7 Å². The Hall–Kier alpha value is -2.87. The van der Waals surface area contributed by atoms with Crippen LogP contribution in [0.5, 0.6) is 0 Å². The van der Waals surface area contributed by atoms with E-state index >= 15 is 0 Å². The molecule has 140 valence electrons. The Morgan fingerprint density at radius 1 is 1.15 bits per heavy atom. The van der Waals surface area contributed by atoms with Gasteiger partial charge in [0.25, 0.3) is 5.56 Å². The number of thioether (sulfide) groups is 1. The smallest absolute Gasteiger partial charge is 0.325 e. The van der Waals surface area contributed by atoms with Gasteiger partial charge in [-0.1, -0.05) is 17.7 Å². The van der Waals surface area contributed by atoms with Crippen molar-refractivity contribution in [3.05, 3.63) is 62.4 Å². The molecule has 0 fully saturated rings. The standard InChI is InChI=1S/C19H20N4O3S/c1-11-5-6-13(12(2)9-11)21-15(24)10-27-14-7-8-20-17-16(14)18(25)23(4)19(26)22(17)3/h5-9H,10H2,1-4H3,(H,21,24). The summed E-state index contributed by atoms with van der Waals surface area (Å²) in [6.07, 6.45) is 1.53. The number of anilines is 1. The van der Waals surface area contributed by atoms with Crippen LogP contribution in [-0.4, -0.2) is 25.8 Å². The van der Waals surface area contributed by atoms with Crippen LogP contribution in [0, 0.1) is 13.8 Å². The van der Waals surface area contributed by atoms with E-state index < -0.39 is 11.2 Å². The highest BCUT2D eigenvalue weighted by molar-refractivity contribution is 8.00. The van der Waals surface area contributed by atoms with Crippen LogP contribution in [0.2, 0.25) is 0 Å². The lowest BCUT2D eigenvalue weighted by Gasteiger charge is -2.11. The van der Waals surface area contributed by atoms with E-state index in [0.29, 0.717) is 15.9 Å². The third-order valence-corrected chi connectivity index (χ3v) is 5.38. The number of pyridine rings is 1.